The van der Waals surface area contributed by atoms with Gasteiger partial charge in [-0.15, -0.1) is 10.2 Å². The van der Waals surface area contributed by atoms with E-state index in [0.717, 1.165) is 32.7 Å². The van der Waals surface area contributed by atoms with E-state index in [1.807, 2.05) is 56.8 Å². The normalized spacial score (nSPS) is 11.2. The topological polar surface area (TPSA) is 77.6 Å². The third-order valence-corrected chi connectivity index (χ3v) is 5.03. The van der Waals surface area contributed by atoms with Gasteiger partial charge in [-0.1, -0.05) is 0 Å². The molecule has 0 unspecified atom stereocenters. The second kappa shape index (κ2) is 7.57. The lowest BCUT2D eigenvalue weighted by Crippen LogP contribution is -2.07. The van der Waals surface area contributed by atoms with Crippen LogP contribution in [0.3, 0.4) is 0 Å². The molecule has 2 aromatic heterocycles. The van der Waals surface area contributed by atoms with Crippen LogP contribution >= 0.6 is 11.8 Å². The van der Waals surface area contributed by atoms with Crippen LogP contribution in [0.1, 0.15) is 17.0 Å². The number of carbonyl (C=O) groups excluding carboxylic acids is 1. The minimum absolute atomic E-state index is 0.179. The van der Waals surface area contributed by atoms with Gasteiger partial charge in [-0.2, -0.15) is 5.10 Å². The van der Waals surface area contributed by atoms with E-state index < -0.39 is 0 Å². The van der Waals surface area contributed by atoms with Crippen LogP contribution in [0, 0.1) is 13.8 Å². The quantitative estimate of drug-likeness (QED) is 0.701. The van der Waals surface area contributed by atoms with Gasteiger partial charge in [0.05, 0.1) is 5.69 Å². The lowest BCUT2D eigenvalue weighted by atomic mass is 10.2. The Kier molecular flexibility index (Phi) is 5.22. The van der Waals surface area contributed by atoms with E-state index in [1.165, 1.54) is 17.8 Å². The molecule has 0 atom stereocenters. The van der Waals surface area contributed by atoms with Crippen LogP contribution in [0.4, 0.5) is 5.69 Å². The molecule has 0 saturated heterocycles. The molecule has 3 aromatic rings. The maximum Gasteiger partial charge on any atom is 0.248 e. The highest BCUT2D eigenvalue weighted by Crippen LogP contribution is 2.26. The first kappa shape index (κ1) is 17.9. The van der Waals surface area contributed by atoms with E-state index in [-0.39, 0.29) is 5.91 Å². The SMILES string of the molecule is Cc1nn(C)c(C)c1/C=C/C(=O)Nc1ccc(Sc2nncn2C)cc1. The molecule has 134 valence electrons. The maximum atomic E-state index is 12.1. The van der Waals surface area contributed by atoms with Gasteiger partial charge in [-0.3, -0.25) is 9.48 Å². The molecule has 0 fully saturated rings. The number of rotatable bonds is 5. The number of carbonyl (C=O) groups is 1. The molecule has 0 radical (unpaired) electrons. The van der Waals surface area contributed by atoms with Gasteiger partial charge in [-0.25, -0.2) is 0 Å². The predicted octanol–water partition coefficient (Wildman–Crippen LogP) is 2.97. The van der Waals surface area contributed by atoms with Crippen molar-refractivity contribution in [2.45, 2.75) is 23.9 Å². The van der Waals surface area contributed by atoms with Crippen LogP contribution in [0.15, 0.2) is 46.7 Å². The summed E-state index contributed by atoms with van der Waals surface area (Å²) in [7, 11) is 3.79. The van der Waals surface area contributed by atoms with E-state index in [4.69, 9.17) is 0 Å². The van der Waals surface area contributed by atoms with Gasteiger partial charge >= 0.3 is 0 Å². The van der Waals surface area contributed by atoms with E-state index in [9.17, 15) is 4.79 Å². The van der Waals surface area contributed by atoms with Crippen LogP contribution in [0.5, 0.6) is 0 Å². The van der Waals surface area contributed by atoms with Crippen LogP contribution < -0.4 is 5.32 Å². The summed E-state index contributed by atoms with van der Waals surface area (Å²) >= 11 is 1.51. The highest BCUT2D eigenvalue weighted by molar-refractivity contribution is 7.99. The average molecular weight is 368 g/mol. The Bertz CT molecular complexity index is 955. The molecule has 0 aliphatic rings. The number of nitrogens with one attached hydrogen (secondary N) is 1. The van der Waals surface area contributed by atoms with Crippen LogP contribution in [-0.2, 0) is 18.9 Å². The lowest BCUT2D eigenvalue weighted by Gasteiger charge is -2.04. The molecule has 0 aliphatic carbocycles. The Morgan fingerprint density at radius 2 is 1.92 bits per heavy atom. The number of anilines is 1. The summed E-state index contributed by atoms with van der Waals surface area (Å²) in [5, 5.41) is 15.9. The fourth-order valence-electron chi connectivity index (χ4n) is 2.45. The Labute approximate surface area is 156 Å². The molecule has 1 aromatic carbocycles. The third kappa shape index (κ3) is 4.02. The molecule has 3 rings (SSSR count). The molecular formula is C18H20N6OS. The maximum absolute atomic E-state index is 12.1. The summed E-state index contributed by atoms with van der Waals surface area (Å²) in [5.74, 6) is -0.179. The first-order valence-electron chi connectivity index (χ1n) is 8.05. The Morgan fingerprint density at radius 3 is 2.50 bits per heavy atom. The van der Waals surface area contributed by atoms with Crippen molar-refractivity contribution in [3.63, 3.8) is 0 Å². The Balaban J connectivity index is 1.62. The highest BCUT2D eigenvalue weighted by Gasteiger charge is 2.07. The number of hydrogen-bond acceptors (Lipinski definition) is 5. The molecule has 8 heteroatoms. The third-order valence-electron chi connectivity index (χ3n) is 3.97. The summed E-state index contributed by atoms with van der Waals surface area (Å²) in [5.41, 5.74) is 3.63. The average Bonchev–Trinajstić information content (AvgIpc) is 3.11. The largest absolute Gasteiger partial charge is 0.323 e. The molecule has 0 bridgehead atoms. The van der Waals surface area contributed by atoms with Crippen molar-refractivity contribution in [2.75, 3.05) is 5.32 Å². The van der Waals surface area contributed by atoms with Crippen molar-refractivity contribution in [3.8, 4) is 0 Å². The summed E-state index contributed by atoms with van der Waals surface area (Å²) in [6.45, 7) is 3.91. The molecule has 2 heterocycles. The molecule has 1 N–H and O–H groups in total. The van der Waals surface area contributed by atoms with E-state index >= 15 is 0 Å². The fraction of sp³-hybridized carbons (Fsp3) is 0.222. The van der Waals surface area contributed by atoms with Crippen LogP contribution in [0.2, 0.25) is 0 Å². The Morgan fingerprint density at radius 1 is 1.19 bits per heavy atom. The summed E-state index contributed by atoms with van der Waals surface area (Å²) < 4.78 is 3.66. The van der Waals surface area contributed by atoms with E-state index in [0.29, 0.717) is 0 Å². The minimum atomic E-state index is -0.179. The van der Waals surface area contributed by atoms with Crippen LogP contribution in [0.25, 0.3) is 6.08 Å². The zero-order valence-electron chi connectivity index (χ0n) is 15.1. The number of amides is 1. The zero-order chi connectivity index (χ0) is 18.7. The summed E-state index contributed by atoms with van der Waals surface area (Å²) in [6.07, 6.45) is 4.99. The Hall–Kier alpha value is -2.87. The first-order valence-corrected chi connectivity index (χ1v) is 8.87. The van der Waals surface area contributed by atoms with Crippen molar-refractivity contribution >= 4 is 29.4 Å². The molecule has 0 spiro atoms. The molecular weight excluding hydrogens is 348 g/mol. The van der Waals surface area contributed by atoms with Crippen molar-refractivity contribution in [3.05, 3.63) is 53.6 Å². The zero-order valence-corrected chi connectivity index (χ0v) is 15.9. The number of aryl methyl sites for hydroxylation is 3. The molecule has 0 aliphatic heterocycles. The lowest BCUT2D eigenvalue weighted by molar-refractivity contribution is -0.111. The molecule has 7 nitrogen and oxygen atoms in total. The number of aromatic nitrogens is 5. The molecule has 26 heavy (non-hydrogen) atoms. The van der Waals surface area contributed by atoms with Crippen LogP contribution in [-0.4, -0.2) is 30.5 Å². The summed E-state index contributed by atoms with van der Waals surface area (Å²) in [6, 6.07) is 7.61. The highest BCUT2D eigenvalue weighted by atomic mass is 32.2. The second-order valence-corrected chi connectivity index (χ2v) is 6.92. The number of benzene rings is 1. The number of nitrogens with zero attached hydrogens (tertiary/aromatic N) is 5. The minimum Gasteiger partial charge on any atom is -0.323 e. The van der Waals surface area contributed by atoms with Crippen molar-refractivity contribution in [1.82, 2.24) is 24.5 Å². The molecule has 1 amide bonds. The van der Waals surface area contributed by atoms with E-state index in [2.05, 4.69) is 20.6 Å². The van der Waals surface area contributed by atoms with Crippen molar-refractivity contribution in [1.29, 1.82) is 0 Å². The smallest absolute Gasteiger partial charge is 0.248 e. The van der Waals surface area contributed by atoms with Crippen molar-refractivity contribution < 1.29 is 4.79 Å². The first-order chi connectivity index (χ1) is 12.4. The van der Waals surface area contributed by atoms with Gasteiger partial charge in [0, 0.05) is 42.0 Å². The fourth-order valence-corrected chi connectivity index (χ4v) is 3.21. The predicted molar refractivity (Wildman–Crippen MR) is 102 cm³/mol. The molecule has 0 saturated carbocycles. The monoisotopic (exact) mass is 368 g/mol. The standard InChI is InChI=1S/C18H20N6OS/c1-12-16(13(2)24(4)22-12)9-10-17(25)20-14-5-7-15(8-6-14)26-18-21-19-11-23(18)3/h5-11H,1-4H3,(H,20,25)/b10-9+. The van der Waals surface area contributed by atoms with Gasteiger partial charge < -0.3 is 9.88 Å². The summed E-state index contributed by atoms with van der Waals surface area (Å²) in [4.78, 5) is 13.2. The van der Waals surface area contributed by atoms with Gasteiger partial charge in [0.2, 0.25) is 5.91 Å². The van der Waals surface area contributed by atoms with Gasteiger partial charge in [0.1, 0.15) is 6.33 Å². The number of hydrogen-bond donors (Lipinski definition) is 1. The van der Waals surface area contributed by atoms with Gasteiger partial charge in [0.25, 0.3) is 0 Å². The van der Waals surface area contributed by atoms with Gasteiger partial charge in [0.15, 0.2) is 5.16 Å². The second-order valence-electron chi connectivity index (χ2n) is 5.88. The van der Waals surface area contributed by atoms with Gasteiger partial charge in [-0.05, 0) is 56.0 Å². The van der Waals surface area contributed by atoms with Crippen molar-refractivity contribution in [2.24, 2.45) is 14.1 Å². The van der Waals surface area contributed by atoms with E-state index in [1.54, 1.807) is 17.1 Å².